The van der Waals surface area contributed by atoms with Gasteiger partial charge in [0, 0.05) is 13.1 Å². The van der Waals surface area contributed by atoms with Crippen LogP contribution in [0.4, 0.5) is 11.5 Å². The highest BCUT2D eigenvalue weighted by molar-refractivity contribution is 5.60. The van der Waals surface area contributed by atoms with Crippen molar-refractivity contribution in [1.82, 2.24) is 9.55 Å². The van der Waals surface area contributed by atoms with Gasteiger partial charge in [-0.05, 0) is 31.6 Å². The third kappa shape index (κ3) is 3.68. The summed E-state index contributed by atoms with van der Waals surface area (Å²) in [5.74, 6) is 1.75. The minimum atomic E-state index is -0.452. The van der Waals surface area contributed by atoms with Crippen LogP contribution < -0.4 is 22.3 Å². The van der Waals surface area contributed by atoms with Crippen LogP contribution in [0, 0.1) is 11.8 Å². The summed E-state index contributed by atoms with van der Waals surface area (Å²) in [6.07, 6.45) is 6.20. The molecule has 6 nitrogen and oxygen atoms in total. The molecule has 0 saturated heterocycles. The number of nitrogens with one attached hydrogen (secondary N) is 2. The van der Waals surface area contributed by atoms with E-state index in [-0.39, 0.29) is 5.82 Å². The van der Waals surface area contributed by atoms with E-state index in [9.17, 15) is 9.59 Å². The summed E-state index contributed by atoms with van der Waals surface area (Å²) >= 11 is 0. The van der Waals surface area contributed by atoms with Crippen molar-refractivity contribution < 1.29 is 0 Å². The third-order valence-corrected chi connectivity index (χ3v) is 4.46. The van der Waals surface area contributed by atoms with Crippen molar-refractivity contribution in [3.05, 3.63) is 20.8 Å². The van der Waals surface area contributed by atoms with Gasteiger partial charge in [-0.3, -0.25) is 14.3 Å². The topological polar surface area (TPSA) is 92.9 Å². The number of nitrogen functional groups attached to an aromatic ring is 1. The number of hydrogen-bond donors (Lipinski definition) is 3. The standard InChI is InChI=1S/C15H26N4O2/c1-3-19-13(16)12(14(20)18-15(19)21)17-8-7-11-6-4-5-10(2)9-11/h10-11,17H,3-9,16H2,1-2H3,(H,18,20,21). The van der Waals surface area contributed by atoms with Crippen molar-refractivity contribution in [2.45, 2.75) is 52.5 Å². The fraction of sp³-hybridized carbons (Fsp3) is 0.733. The second-order valence-corrected chi connectivity index (χ2v) is 6.12. The Morgan fingerprint density at radius 2 is 2.14 bits per heavy atom. The van der Waals surface area contributed by atoms with Gasteiger partial charge in [-0.25, -0.2) is 4.79 Å². The molecule has 0 radical (unpaired) electrons. The molecule has 2 atom stereocenters. The zero-order chi connectivity index (χ0) is 15.4. The van der Waals surface area contributed by atoms with Crippen LogP contribution in [0.5, 0.6) is 0 Å². The molecule has 1 aliphatic rings. The van der Waals surface area contributed by atoms with Crippen molar-refractivity contribution in [3.63, 3.8) is 0 Å². The Hall–Kier alpha value is -1.72. The number of rotatable bonds is 5. The van der Waals surface area contributed by atoms with Crippen LogP contribution >= 0.6 is 0 Å². The Labute approximate surface area is 124 Å². The first-order valence-corrected chi connectivity index (χ1v) is 7.89. The molecule has 0 spiro atoms. The van der Waals surface area contributed by atoms with Gasteiger partial charge in [0.15, 0.2) is 0 Å². The first-order valence-electron chi connectivity index (χ1n) is 7.89. The van der Waals surface area contributed by atoms with Crippen molar-refractivity contribution in [1.29, 1.82) is 0 Å². The van der Waals surface area contributed by atoms with Gasteiger partial charge in [-0.15, -0.1) is 0 Å². The fourth-order valence-electron chi connectivity index (χ4n) is 3.30. The van der Waals surface area contributed by atoms with Crippen LogP contribution in [0.2, 0.25) is 0 Å². The average molecular weight is 294 g/mol. The second-order valence-electron chi connectivity index (χ2n) is 6.12. The molecule has 0 bridgehead atoms. The monoisotopic (exact) mass is 294 g/mol. The first-order chi connectivity index (χ1) is 10.0. The number of hydrogen-bond acceptors (Lipinski definition) is 4. The molecule has 0 aromatic carbocycles. The molecule has 1 aromatic rings. The van der Waals surface area contributed by atoms with Gasteiger partial charge < -0.3 is 11.1 Å². The number of nitrogens with zero attached hydrogens (tertiary/aromatic N) is 1. The summed E-state index contributed by atoms with van der Waals surface area (Å²) in [5, 5.41) is 3.12. The Bertz CT molecular complexity index is 590. The molecule has 21 heavy (non-hydrogen) atoms. The highest BCUT2D eigenvalue weighted by Crippen LogP contribution is 2.30. The predicted octanol–water partition coefficient (Wildman–Crippen LogP) is 1.77. The lowest BCUT2D eigenvalue weighted by Crippen LogP contribution is -2.34. The van der Waals surface area contributed by atoms with Crippen LogP contribution in [0.3, 0.4) is 0 Å². The van der Waals surface area contributed by atoms with Crippen LogP contribution in [-0.2, 0) is 6.54 Å². The molecule has 1 aromatic heterocycles. The van der Waals surface area contributed by atoms with Crippen LogP contribution in [0.15, 0.2) is 9.59 Å². The molecule has 0 aliphatic heterocycles. The van der Waals surface area contributed by atoms with Crippen LogP contribution in [-0.4, -0.2) is 16.1 Å². The van der Waals surface area contributed by atoms with Gasteiger partial charge >= 0.3 is 5.69 Å². The Morgan fingerprint density at radius 3 is 2.81 bits per heavy atom. The molecule has 2 unspecified atom stereocenters. The van der Waals surface area contributed by atoms with Gasteiger partial charge in [-0.2, -0.15) is 0 Å². The smallest absolute Gasteiger partial charge is 0.330 e. The number of H-pyrrole nitrogens is 1. The molecule has 1 saturated carbocycles. The van der Waals surface area contributed by atoms with Crippen molar-refractivity contribution in [3.8, 4) is 0 Å². The van der Waals surface area contributed by atoms with E-state index in [1.54, 1.807) is 0 Å². The lowest BCUT2D eigenvalue weighted by Gasteiger charge is -2.26. The summed E-state index contributed by atoms with van der Waals surface area (Å²) in [6, 6.07) is 0. The molecular formula is C15H26N4O2. The average Bonchev–Trinajstić information content (AvgIpc) is 2.43. The van der Waals surface area contributed by atoms with Crippen molar-refractivity contribution in [2.24, 2.45) is 11.8 Å². The predicted molar refractivity (Wildman–Crippen MR) is 85.6 cm³/mol. The number of aromatic nitrogens is 2. The summed E-state index contributed by atoms with van der Waals surface area (Å²) in [6.45, 7) is 5.28. The largest absolute Gasteiger partial charge is 0.383 e. The lowest BCUT2D eigenvalue weighted by molar-refractivity contribution is 0.274. The zero-order valence-corrected chi connectivity index (χ0v) is 12.9. The summed E-state index contributed by atoms with van der Waals surface area (Å²) < 4.78 is 1.37. The SMILES string of the molecule is CCn1c(N)c(NCCC2CCCC(C)C2)c(=O)[nH]c1=O. The normalized spacial score (nSPS) is 22.2. The van der Waals surface area contributed by atoms with E-state index in [0.717, 1.165) is 18.3 Å². The lowest BCUT2D eigenvalue weighted by atomic mass is 9.81. The van der Waals surface area contributed by atoms with Gasteiger partial charge in [0.1, 0.15) is 11.5 Å². The Morgan fingerprint density at radius 1 is 1.38 bits per heavy atom. The van der Waals surface area contributed by atoms with Gasteiger partial charge in [0.2, 0.25) is 0 Å². The Kier molecular flexibility index (Phi) is 5.09. The van der Waals surface area contributed by atoms with E-state index >= 15 is 0 Å². The number of anilines is 2. The van der Waals surface area contributed by atoms with Crippen molar-refractivity contribution >= 4 is 11.5 Å². The minimum Gasteiger partial charge on any atom is -0.383 e. The molecule has 1 aliphatic carbocycles. The fourth-order valence-corrected chi connectivity index (χ4v) is 3.30. The molecule has 1 heterocycles. The van der Waals surface area contributed by atoms with Crippen LogP contribution in [0.1, 0.15) is 46.0 Å². The molecule has 6 heteroatoms. The van der Waals surface area contributed by atoms with E-state index in [4.69, 9.17) is 5.73 Å². The van der Waals surface area contributed by atoms with E-state index < -0.39 is 11.2 Å². The number of nitrogens with two attached hydrogens (primary N) is 1. The summed E-state index contributed by atoms with van der Waals surface area (Å²) in [4.78, 5) is 25.8. The molecule has 0 amide bonds. The zero-order valence-electron chi connectivity index (χ0n) is 12.9. The minimum absolute atomic E-state index is 0.225. The van der Waals surface area contributed by atoms with E-state index in [2.05, 4.69) is 17.2 Å². The van der Waals surface area contributed by atoms with Gasteiger partial charge in [0.05, 0.1) is 0 Å². The Balaban J connectivity index is 2.00. The first kappa shape index (κ1) is 15.7. The summed E-state index contributed by atoms with van der Waals surface area (Å²) in [5.41, 5.74) is 5.35. The number of aromatic amines is 1. The van der Waals surface area contributed by atoms with E-state index in [1.165, 1.54) is 30.3 Å². The van der Waals surface area contributed by atoms with E-state index in [0.29, 0.717) is 18.8 Å². The summed E-state index contributed by atoms with van der Waals surface area (Å²) in [7, 11) is 0. The van der Waals surface area contributed by atoms with Crippen LogP contribution in [0.25, 0.3) is 0 Å². The highest BCUT2D eigenvalue weighted by atomic mass is 16.2. The maximum Gasteiger partial charge on any atom is 0.330 e. The second kappa shape index (κ2) is 6.83. The van der Waals surface area contributed by atoms with E-state index in [1.807, 2.05) is 6.92 Å². The van der Waals surface area contributed by atoms with Gasteiger partial charge in [-0.1, -0.05) is 26.2 Å². The maximum absolute atomic E-state index is 11.9. The molecule has 1 fully saturated rings. The molecular weight excluding hydrogens is 268 g/mol. The quantitative estimate of drug-likeness (QED) is 0.771. The maximum atomic E-state index is 11.9. The van der Waals surface area contributed by atoms with Gasteiger partial charge in [0.25, 0.3) is 5.56 Å². The molecule has 4 N–H and O–H groups in total. The highest BCUT2D eigenvalue weighted by Gasteiger charge is 2.19. The molecule has 118 valence electrons. The van der Waals surface area contributed by atoms with Crippen molar-refractivity contribution in [2.75, 3.05) is 17.6 Å². The molecule has 2 rings (SSSR count). The third-order valence-electron chi connectivity index (χ3n) is 4.46.